The molecule has 0 bridgehead atoms. The van der Waals surface area contributed by atoms with Crippen LogP contribution in [0.15, 0.2) is 18.2 Å². The number of hydrogen-bond donors (Lipinski definition) is 2. The minimum atomic E-state index is -1.12. The predicted molar refractivity (Wildman–Crippen MR) is 103 cm³/mol. The normalized spacial score (nSPS) is 15.2. The minimum absolute atomic E-state index is 0.0793. The number of benzene rings is 1. The van der Waals surface area contributed by atoms with Crippen molar-refractivity contribution in [2.24, 2.45) is 0 Å². The fourth-order valence-corrected chi connectivity index (χ4v) is 3.04. The van der Waals surface area contributed by atoms with E-state index < -0.39 is 24.0 Å². The highest BCUT2D eigenvalue weighted by Crippen LogP contribution is 2.28. The van der Waals surface area contributed by atoms with Gasteiger partial charge in [-0.3, -0.25) is 10.1 Å². The number of carbonyl (C=O) groups is 3. The molecule has 1 fully saturated rings. The van der Waals surface area contributed by atoms with E-state index in [0.717, 1.165) is 25.7 Å². The Bertz CT molecular complexity index is 700. The average molecular weight is 392 g/mol. The molecule has 8 nitrogen and oxygen atoms in total. The molecule has 1 saturated carbocycles. The summed E-state index contributed by atoms with van der Waals surface area (Å²) in [6.07, 6.45) is 4.00. The molecule has 1 aliphatic carbocycles. The first-order valence-corrected chi connectivity index (χ1v) is 9.57. The van der Waals surface area contributed by atoms with Crippen LogP contribution in [0.4, 0.5) is 4.79 Å². The summed E-state index contributed by atoms with van der Waals surface area (Å²) in [5, 5.41) is 5.00. The molecule has 1 aromatic carbocycles. The molecule has 0 aromatic heterocycles. The second-order valence-corrected chi connectivity index (χ2v) is 6.64. The molecule has 154 valence electrons. The summed E-state index contributed by atoms with van der Waals surface area (Å²) in [6, 6.07) is 4.11. The molecule has 2 N–H and O–H groups in total. The summed E-state index contributed by atoms with van der Waals surface area (Å²) in [5.74, 6) is -0.480. The lowest BCUT2D eigenvalue weighted by Crippen LogP contribution is -2.48. The van der Waals surface area contributed by atoms with Gasteiger partial charge in [0.25, 0.3) is 5.91 Å². The van der Waals surface area contributed by atoms with Gasteiger partial charge in [-0.05, 0) is 44.9 Å². The second kappa shape index (κ2) is 10.5. The Kier molecular flexibility index (Phi) is 8.10. The molecule has 1 aliphatic rings. The SMILES string of the molecule is CCOc1cc(C(=O)O[C@@H](C)C(=O)NC(=O)NC2CCCCC2)ccc1OC. The summed E-state index contributed by atoms with van der Waals surface area (Å²) < 4.78 is 15.8. The van der Waals surface area contributed by atoms with Crippen LogP contribution < -0.4 is 20.1 Å². The van der Waals surface area contributed by atoms with Gasteiger partial charge >= 0.3 is 12.0 Å². The van der Waals surface area contributed by atoms with Gasteiger partial charge in [0.2, 0.25) is 0 Å². The first-order chi connectivity index (χ1) is 13.4. The van der Waals surface area contributed by atoms with Gasteiger partial charge in [-0.2, -0.15) is 0 Å². The zero-order chi connectivity index (χ0) is 20.5. The maximum absolute atomic E-state index is 12.3. The highest BCUT2D eigenvalue weighted by atomic mass is 16.5. The summed E-state index contributed by atoms with van der Waals surface area (Å²) >= 11 is 0. The fourth-order valence-electron chi connectivity index (χ4n) is 3.04. The maximum Gasteiger partial charge on any atom is 0.339 e. The molecule has 1 aromatic rings. The van der Waals surface area contributed by atoms with Gasteiger partial charge < -0.3 is 19.5 Å². The number of carbonyl (C=O) groups excluding carboxylic acids is 3. The smallest absolute Gasteiger partial charge is 0.339 e. The van der Waals surface area contributed by atoms with Crippen LogP contribution in [0.1, 0.15) is 56.3 Å². The highest BCUT2D eigenvalue weighted by molar-refractivity contribution is 5.98. The molecule has 0 heterocycles. The van der Waals surface area contributed by atoms with Gasteiger partial charge in [0.15, 0.2) is 17.6 Å². The van der Waals surface area contributed by atoms with Gasteiger partial charge in [0.1, 0.15) is 0 Å². The second-order valence-electron chi connectivity index (χ2n) is 6.64. The van der Waals surface area contributed by atoms with Crippen LogP contribution in [0.2, 0.25) is 0 Å². The molecule has 2 rings (SSSR count). The summed E-state index contributed by atoms with van der Waals surface area (Å²) in [7, 11) is 1.50. The Morgan fingerprint density at radius 3 is 2.50 bits per heavy atom. The average Bonchev–Trinajstić information content (AvgIpc) is 2.68. The van der Waals surface area contributed by atoms with Crippen molar-refractivity contribution >= 4 is 17.9 Å². The van der Waals surface area contributed by atoms with E-state index in [1.165, 1.54) is 32.6 Å². The maximum atomic E-state index is 12.3. The number of ether oxygens (including phenoxy) is 3. The largest absolute Gasteiger partial charge is 0.493 e. The van der Waals surface area contributed by atoms with E-state index in [0.29, 0.717) is 18.1 Å². The first-order valence-electron chi connectivity index (χ1n) is 9.57. The Hall–Kier alpha value is -2.77. The lowest BCUT2D eigenvalue weighted by molar-refractivity contribution is -0.127. The van der Waals surface area contributed by atoms with Crippen molar-refractivity contribution in [1.29, 1.82) is 0 Å². The Morgan fingerprint density at radius 1 is 1.14 bits per heavy atom. The van der Waals surface area contributed by atoms with Crippen LogP contribution in [0.3, 0.4) is 0 Å². The van der Waals surface area contributed by atoms with Crippen LogP contribution >= 0.6 is 0 Å². The third kappa shape index (κ3) is 6.14. The minimum Gasteiger partial charge on any atom is -0.493 e. The Labute approximate surface area is 164 Å². The van der Waals surface area contributed by atoms with Crippen molar-refractivity contribution in [2.45, 2.75) is 58.1 Å². The summed E-state index contributed by atoms with van der Waals surface area (Å²) in [6.45, 7) is 3.63. The monoisotopic (exact) mass is 392 g/mol. The number of methoxy groups -OCH3 is 1. The third-order valence-corrected chi connectivity index (χ3v) is 4.53. The Morgan fingerprint density at radius 2 is 1.86 bits per heavy atom. The van der Waals surface area contributed by atoms with Gasteiger partial charge in [0, 0.05) is 6.04 Å². The van der Waals surface area contributed by atoms with Gasteiger partial charge in [-0.1, -0.05) is 19.3 Å². The van der Waals surface area contributed by atoms with Crippen molar-refractivity contribution in [3.05, 3.63) is 23.8 Å². The lowest BCUT2D eigenvalue weighted by atomic mass is 9.96. The fraction of sp³-hybridized carbons (Fsp3) is 0.550. The number of imide groups is 1. The molecule has 0 spiro atoms. The van der Waals surface area contributed by atoms with E-state index in [2.05, 4.69) is 10.6 Å². The Balaban J connectivity index is 1.89. The number of urea groups is 1. The molecule has 0 saturated heterocycles. The molecule has 0 radical (unpaired) electrons. The molecule has 28 heavy (non-hydrogen) atoms. The van der Waals surface area contributed by atoms with Gasteiger partial charge in [-0.25, -0.2) is 9.59 Å². The van der Waals surface area contributed by atoms with Crippen LogP contribution in [0, 0.1) is 0 Å². The number of hydrogen-bond acceptors (Lipinski definition) is 6. The molecular weight excluding hydrogens is 364 g/mol. The quantitative estimate of drug-likeness (QED) is 0.692. The highest BCUT2D eigenvalue weighted by Gasteiger charge is 2.23. The van der Waals surface area contributed by atoms with Gasteiger partial charge in [-0.15, -0.1) is 0 Å². The van der Waals surface area contributed by atoms with E-state index in [1.807, 2.05) is 6.92 Å². The third-order valence-electron chi connectivity index (χ3n) is 4.53. The van der Waals surface area contributed by atoms with Crippen molar-refractivity contribution < 1.29 is 28.6 Å². The number of esters is 1. The van der Waals surface area contributed by atoms with Crippen LogP contribution in [0.25, 0.3) is 0 Å². The van der Waals surface area contributed by atoms with E-state index in [4.69, 9.17) is 14.2 Å². The zero-order valence-corrected chi connectivity index (χ0v) is 16.6. The number of rotatable bonds is 7. The van der Waals surface area contributed by atoms with Crippen LogP contribution in [-0.2, 0) is 9.53 Å². The first kappa shape index (κ1) is 21.5. The molecule has 1 atom stereocenters. The molecular formula is C20H28N2O6. The predicted octanol–water partition coefficient (Wildman–Crippen LogP) is 2.80. The zero-order valence-electron chi connectivity index (χ0n) is 16.6. The molecule has 8 heteroatoms. The summed E-state index contributed by atoms with van der Waals surface area (Å²) in [5.41, 5.74) is 0.218. The standard InChI is InChI=1S/C20H28N2O6/c1-4-27-17-12-14(10-11-16(17)26-3)19(24)28-13(2)18(23)22-20(25)21-15-8-6-5-7-9-15/h10-13,15H,4-9H2,1-3H3,(H2,21,22,23,25)/t13-/m0/s1. The topological polar surface area (TPSA) is 103 Å². The van der Waals surface area contributed by atoms with Crippen molar-refractivity contribution in [3.63, 3.8) is 0 Å². The molecule has 0 aliphatic heterocycles. The van der Waals surface area contributed by atoms with Crippen molar-refractivity contribution in [2.75, 3.05) is 13.7 Å². The summed E-state index contributed by atoms with van der Waals surface area (Å²) in [4.78, 5) is 36.4. The van der Waals surface area contributed by atoms with E-state index >= 15 is 0 Å². The molecule has 0 unspecified atom stereocenters. The lowest BCUT2D eigenvalue weighted by Gasteiger charge is -2.23. The molecule has 3 amide bonds. The van der Waals surface area contributed by atoms with Crippen LogP contribution in [0.5, 0.6) is 11.5 Å². The number of amides is 3. The van der Waals surface area contributed by atoms with Gasteiger partial charge in [0.05, 0.1) is 19.3 Å². The van der Waals surface area contributed by atoms with E-state index in [-0.39, 0.29) is 11.6 Å². The van der Waals surface area contributed by atoms with Crippen molar-refractivity contribution in [1.82, 2.24) is 10.6 Å². The van der Waals surface area contributed by atoms with E-state index in [9.17, 15) is 14.4 Å². The van der Waals surface area contributed by atoms with E-state index in [1.54, 1.807) is 6.07 Å². The van der Waals surface area contributed by atoms with Crippen molar-refractivity contribution in [3.8, 4) is 11.5 Å². The number of nitrogens with one attached hydrogen (secondary N) is 2. The van der Waals surface area contributed by atoms with Crippen LogP contribution in [-0.4, -0.2) is 43.8 Å².